The lowest BCUT2D eigenvalue weighted by molar-refractivity contribution is 0.0914. The van der Waals surface area contributed by atoms with Gasteiger partial charge in [0.1, 0.15) is 11.6 Å². The number of rotatable bonds is 5. The van der Waals surface area contributed by atoms with Crippen molar-refractivity contribution in [1.82, 2.24) is 15.1 Å². The number of hydrogen-bond donors (Lipinski definition) is 1. The number of nitrogens with one attached hydrogen (secondary N) is 1. The smallest absolute Gasteiger partial charge is 0.409 e. The molecule has 1 aliphatic heterocycles. The minimum absolute atomic E-state index is 0. The molecule has 6 nitrogen and oxygen atoms in total. The molecular formula is C18H27F2IN4O2. The summed E-state index contributed by atoms with van der Waals surface area (Å²) in [4.78, 5) is 20.0. The summed E-state index contributed by atoms with van der Waals surface area (Å²) in [6, 6.07) is 3.44. The van der Waals surface area contributed by atoms with E-state index in [2.05, 4.69) is 15.2 Å². The van der Waals surface area contributed by atoms with Crippen LogP contribution in [-0.4, -0.2) is 67.7 Å². The van der Waals surface area contributed by atoms with Crippen molar-refractivity contribution < 1.29 is 18.3 Å². The molecule has 1 heterocycles. The Labute approximate surface area is 176 Å². The zero-order chi connectivity index (χ0) is 18.9. The fourth-order valence-electron chi connectivity index (χ4n) is 2.76. The highest BCUT2D eigenvalue weighted by atomic mass is 127. The van der Waals surface area contributed by atoms with Crippen LogP contribution < -0.4 is 5.32 Å². The van der Waals surface area contributed by atoms with E-state index in [4.69, 9.17) is 4.74 Å². The van der Waals surface area contributed by atoms with E-state index in [1.165, 1.54) is 6.07 Å². The van der Waals surface area contributed by atoms with E-state index < -0.39 is 11.6 Å². The van der Waals surface area contributed by atoms with Crippen molar-refractivity contribution in [3.05, 3.63) is 35.4 Å². The van der Waals surface area contributed by atoms with Crippen LogP contribution in [-0.2, 0) is 11.2 Å². The summed E-state index contributed by atoms with van der Waals surface area (Å²) in [6.07, 6.45) is 0.0250. The zero-order valence-corrected chi connectivity index (χ0v) is 18.0. The minimum atomic E-state index is -0.452. The van der Waals surface area contributed by atoms with Crippen LogP contribution in [0.25, 0.3) is 0 Å². The molecule has 27 heavy (non-hydrogen) atoms. The number of carbonyl (C=O) groups is 1. The third-order valence-corrected chi connectivity index (χ3v) is 4.09. The van der Waals surface area contributed by atoms with Crippen molar-refractivity contribution in [3.8, 4) is 0 Å². The Bertz CT molecular complexity index is 638. The fraction of sp³-hybridized carbons (Fsp3) is 0.556. The number of ether oxygens (including phenoxy) is 1. The number of piperazine rings is 1. The van der Waals surface area contributed by atoms with E-state index in [1.807, 2.05) is 6.92 Å². The predicted octanol–water partition coefficient (Wildman–Crippen LogP) is 2.86. The van der Waals surface area contributed by atoms with Crippen molar-refractivity contribution >= 4 is 36.0 Å². The Kier molecular flexibility index (Phi) is 10.3. The number of aliphatic imine (C=N–C) groups is 1. The first-order valence-electron chi connectivity index (χ1n) is 8.94. The first-order chi connectivity index (χ1) is 12.5. The van der Waals surface area contributed by atoms with Gasteiger partial charge in [-0.25, -0.2) is 13.6 Å². The molecule has 152 valence electrons. The maximum Gasteiger partial charge on any atom is 0.409 e. The molecule has 0 radical (unpaired) electrons. The van der Waals surface area contributed by atoms with Gasteiger partial charge >= 0.3 is 6.09 Å². The number of carbonyl (C=O) groups excluding carboxylic acids is 1. The summed E-state index contributed by atoms with van der Waals surface area (Å²) in [5.41, 5.74) is 0.316. The lowest BCUT2D eigenvalue weighted by atomic mass is 10.1. The van der Waals surface area contributed by atoms with Crippen molar-refractivity contribution in [2.24, 2.45) is 4.99 Å². The standard InChI is InChI=1S/C18H26F2N4O2.HI/c1-3-21-17(22-8-7-14-13-15(19)5-6-16(14)20)23-9-11-24(12-10-23)18(25)26-4-2;/h5-6,13H,3-4,7-12H2,1-2H3,(H,21,22);1H. The van der Waals surface area contributed by atoms with Crippen LogP contribution >= 0.6 is 24.0 Å². The fourth-order valence-corrected chi connectivity index (χ4v) is 2.76. The number of amides is 1. The number of nitrogens with zero attached hydrogens (tertiary/aromatic N) is 3. The van der Waals surface area contributed by atoms with Crippen LogP contribution in [0.1, 0.15) is 19.4 Å². The second kappa shape index (κ2) is 11.9. The van der Waals surface area contributed by atoms with Gasteiger partial charge in [0, 0.05) is 39.3 Å². The molecular weight excluding hydrogens is 469 g/mol. The van der Waals surface area contributed by atoms with Crippen LogP contribution in [0.4, 0.5) is 13.6 Å². The van der Waals surface area contributed by atoms with Gasteiger partial charge in [-0.15, -0.1) is 24.0 Å². The highest BCUT2D eigenvalue weighted by molar-refractivity contribution is 14.0. The molecule has 1 saturated heterocycles. The Morgan fingerprint density at radius 3 is 2.48 bits per heavy atom. The maximum absolute atomic E-state index is 13.7. The Balaban J connectivity index is 0.00000364. The molecule has 0 atom stereocenters. The van der Waals surface area contributed by atoms with Crippen LogP contribution in [0.2, 0.25) is 0 Å². The molecule has 0 aliphatic carbocycles. The van der Waals surface area contributed by atoms with E-state index >= 15 is 0 Å². The second-order valence-corrected chi connectivity index (χ2v) is 5.89. The second-order valence-electron chi connectivity index (χ2n) is 5.89. The van der Waals surface area contributed by atoms with Crippen LogP contribution in [0.3, 0.4) is 0 Å². The van der Waals surface area contributed by atoms with E-state index in [0.717, 1.165) is 12.1 Å². The third kappa shape index (κ3) is 7.11. The molecule has 0 unspecified atom stereocenters. The first-order valence-corrected chi connectivity index (χ1v) is 8.94. The molecule has 0 saturated carbocycles. The van der Waals surface area contributed by atoms with Crippen molar-refractivity contribution in [2.45, 2.75) is 20.3 Å². The summed E-state index contributed by atoms with van der Waals surface area (Å²) >= 11 is 0. The van der Waals surface area contributed by atoms with Crippen molar-refractivity contribution in [3.63, 3.8) is 0 Å². The predicted molar refractivity (Wildman–Crippen MR) is 112 cm³/mol. The third-order valence-electron chi connectivity index (χ3n) is 4.09. The zero-order valence-electron chi connectivity index (χ0n) is 15.7. The average Bonchev–Trinajstić information content (AvgIpc) is 2.64. The van der Waals surface area contributed by atoms with Gasteiger partial charge in [-0.05, 0) is 44.0 Å². The monoisotopic (exact) mass is 496 g/mol. The van der Waals surface area contributed by atoms with Gasteiger partial charge in [-0.2, -0.15) is 0 Å². The SMILES string of the molecule is CCNC(=NCCc1cc(F)ccc1F)N1CCN(C(=O)OCC)CC1.I. The van der Waals surface area contributed by atoms with Gasteiger partial charge in [0.05, 0.1) is 6.61 Å². The average molecular weight is 496 g/mol. The lowest BCUT2D eigenvalue weighted by Gasteiger charge is -2.35. The molecule has 9 heteroatoms. The largest absolute Gasteiger partial charge is 0.450 e. The number of guanidine groups is 1. The summed E-state index contributed by atoms with van der Waals surface area (Å²) in [7, 11) is 0. The summed E-state index contributed by atoms with van der Waals surface area (Å²) in [5.74, 6) is -0.158. The van der Waals surface area contributed by atoms with Crippen molar-refractivity contribution in [1.29, 1.82) is 0 Å². The van der Waals surface area contributed by atoms with Gasteiger partial charge < -0.3 is 19.9 Å². The van der Waals surface area contributed by atoms with E-state index in [0.29, 0.717) is 63.8 Å². The molecule has 1 aromatic rings. The maximum atomic E-state index is 13.7. The highest BCUT2D eigenvalue weighted by Crippen LogP contribution is 2.11. The van der Waals surface area contributed by atoms with Gasteiger partial charge in [0.2, 0.25) is 0 Å². The molecule has 1 N–H and O–H groups in total. The molecule has 2 rings (SSSR count). The normalized spacial score (nSPS) is 14.6. The first kappa shape index (κ1) is 23.4. The molecule has 1 fully saturated rings. The topological polar surface area (TPSA) is 57.2 Å². The lowest BCUT2D eigenvalue weighted by Crippen LogP contribution is -2.54. The molecule has 1 amide bonds. The van der Waals surface area contributed by atoms with Gasteiger partial charge in [0.25, 0.3) is 0 Å². The Morgan fingerprint density at radius 2 is 1.85 bits per heavy atom. The Hall–Kier alpha value is -1.65. The summed E-state index contributed by atoms with van der Waals surface area (Å²) in [5, 5.41) is 3.21. The molecule has 0 aromatic heterocycles. The molecule has 1 aromatic carbocycles. The van der Waals surface area contributed by atoms with Gasteiger partial charge in [-0.3, -0.25) is 4.99 Å². The summed E-state index contributed by atoms with van der Waals surface area (Å²) in [6.45, 7) is 7.55. The van der Waals surface area contributed by atoms with E-state index in [-0.39, 0.29) is 30.1 Å². The van der Waals surface area contributed by atoms with E-state index in [1.54, 1.807) is 11.8 Å². The van der Waals surface area contributed by atoms with Crippen LogP contribution in [0, 0.1) is 11.6 Å². The minimum Gasteiger partial charge on any atom is -0.450 e. The van der Waals surface area contributed by atoms with Crippen LogP contribution in [0.15, 0.2) is 23.2 Å². The van der Waals surface area contributed by atoms with Crippen LogP contribution in [0.5, 0.6) is 0 Å². The van der Waals surface area contributed by atoms with Gasteiger partial charge in [-0.1, -0.05) is 0 Å². The highest BCUT2D eigenvalue weighted by Gasteiger charge is 2.23. The number of halogens is 3. The molecule has 0 bridgehead atoms. The number of hydrogen-bond acceptors (Lipinski definition) is 3. The van der Waals surface area contributed by atoms with Gasteiger partial charge in [0.15, 0.2) is 5.96 Å². The van der Waals surface area contributed by atoms with E-state index in [9.17, 15) is 13.6 Å². The molecule has 1 aliphatic rings. The Morgan fingerprint density at radius 1 is 1.19 bits per heavy atom. The summed E-state index contributed by atoms with van der Waals surface area (Å²) < 4.78 is 31.9. The number of benzene rings is 1. The molecule has 0 spiro atoms. The van der Waals surface area contributed by atoms with Crippen molar-refractivity contribution in [2.75, 3.05) is 45.9 Å². The quantitative estimate of drug-likeness (QED) is 0.387.